The molecule has 32 heavy (non-hydrogen) atoms. The number of furan rings is 2. The number of fused-ring (bicyclic) bond motifs is 1. The molecule has 0 saturated heterocycles. The number of aryl methyl sites for hydroxylation is 1. The number of ether oxygens (including phenoxy) is 2. The largest absolute Gasteiger partial charge is 0.464 e. The minimum Gasteiger partial charge on any atom is -0.464 e. The van der Waals surface area contributed by atoms with Crippen LogP contribution in [0.3, 0.4) is 0 Å². The molecule has 0 atom stereocenters. The normalized spacial score (nSPS) is 11.9. The number of carbonyl (C=O) groups excluding carboxylic acids is 2. The summed E-state index contributed by atoms with van der Waals surface area (Å²) in [6.45, 7) is 6.38. The van der Waals surface area contributed by atoms with Crippen LogP contribution in [-0.4, -0.2) is 41.5 Å². The first-order valence-electron chi connectivity index (χ1n) is 10.2. The highest BCUT2D eigenvalue weighted by molar-refractivity contribution is 5.94. The van der Waals surface area contributed by atoms with Crippen LogP contribution in [0.1, 0.15) is 27.6 Å². The second kappa shape index (κ2) is 9.47. The molecule has 8 heteroatoms. The van der Waals surface area contributed by atoms with Gasteiger partial charge in [0.1, 0.15) is 18.1 Å². The van der Waals surface area contributed by atoms with E-state index in [9.17, 15) is 9.59 Å². The Kier molecular flexibility index (Phi) is 6.30. The van der Waals surface area contributed by atoms with E-state index in [1.807, 2.05) is 37.3 Å². The Hall–Kier alpha value is -3.94. The first kappa shape index (κ1) is 21.3. The van der Waals surface area contributed by atoms with Gasteiger partial charge < -0.3 is 28.1 Å². The number of carbonyl (C=O) groups is 2. The van der Waals surface area contributed by atoms with Crippen LogP contribution < -0.4 is 9.47 Å². The lowest BCUT2D eigenvalue weighted by molar-refractivity contribution is -0.133. The Morgan fingerprint density at radius 1 is 1.06 bits per heavy atom. The third-order valence-corrected chi connectivity index (χ3v) is 5.00. The number of hydrogen-bond donors (Lipinski definition) is 0. The standard InChI is InChI=1S/C24H24N2O6/c1-3-10-25(24(28)21-5-4-11-29-21)15-23(27)26(14-19-8-6-17(2)32-19)13-18-7-9-20-22(12-18)31-16-30-20/h3-9,11-12H,1,10,13-16H2,2H3. The summed E-state index contributed by atoms with van der Waals surface area (Å²) in [5, 5.41) is 0. The molecular weight excluding hydrogens is 412 g/mol. The highest BCUT2D eigenvalue weighted by Gasteiger charge is 2.24. The maximum atomic E-state index is 13.3. The van der Waals surface area contributed by atoms with E-state index in [2.05, 4.69) is 6.58 Å². The summed E-state index contributed by atoms with van der Waals surface area (Å²) in [5.74, 6) is 2.29. The fourth-order valence-corrected chi connectivity index (χ4v) is 3.44. The van der Waals surface area contributed by atoms with Gasteiger partial charge in [-0.3, -0.25) is 9.59 Å². The van der Waals surface area contributed by atoms with Gasteiger partial charge >= 0.3 is 0 Å². The van der Waals surface area contributed by atoms with E-state index in [0.29, 0.717) is 23.8 Å². The minimum absolute atomic E-state index is 0.129. The van der Waals surface area contributed by atoms with Crippen molar-refractivity contribution in [3.05, 3.63) is 84.2 Å². The lowest BCUT2D eigenvalue weighted by Gasteiger charge is -2.26. The van der Waals surface area contributed by atoms with E-state index < -0.39 is 0 Å². The molecule has 8 nitrogen and oxygen atoms in total. The third-order valence-electron chi connectivity index (χ3n) is 5.00. The van der Waals surface area contributed by atoms with Crippen molar-refractivity contribution in [2.75, 3.05) is 19.9 Å². The molecule has 3 aromatic rings. The van der Waals surface area contributed by atoms with Crippen molar-refractivity contribution < 1.29 is 27.9 Å². The average molecular weight is 436 g/mol. The van der Waals surface area contributed by atoms with Crippen LogP contribution >= 0.6 is 0 Å². The van der Waals surface area contributed by atoms with E-state index in [4.69, 9.17) is 18.3 Å². The zero-order chi connectivity index (χ0) is 22.5. The van der Waals surface area contributed by atoms with Gasteiger partial charge in [0.25, 0.3) is 5.91 Å². The third kappa shape index (κ3) is 4.85. The highest BCUT2D eigenvalue weighted by atomic mass is 16.7. The Bertz CT molecular complexity index is 1100. The van der Waals surface area contributed by atoms with Crippen molar-refractivity contribution in [2.24, 2.45) is 0 Å². The number of rotatable bonds is 9. The van der Waals surface area contributed by atoms with Crippen molar-refractivity contribution in [1.29, 1.82) is 0 Å². The zero-order valence-corrected chi connectivity index (χ0v) is 17.8. The molecule has 2 aromatic heterocycles. The van der Waals surface area contributed by atoms with Crippen molar-refractivity contribution in [1.82, 2.24) is 9.80 Å². The Morgan fingerprint density at radius 3 is 2.62 bits per heavy atom. The van der Waals surface area contributed by atoms with E-state index in [0.717, 1.165) is 11.3 Å². The first-order valence-corrected chi connectivity index (χ1v) is 10.2. The molecule has 0 radical (unpaired) electrons. The van der Waals surface area contributed by atoms with Crippen LogP contribution in [0.2, 0.25) is 0 Å². The second-order valence-corrected chi connectivity index (χ2v) is 7.40. The Labute approximate surface area is 185 Å². The lowest BCUT2D eigenvalue weighted by Crippen LogP contribution is -2.42. The van der Waals surface area contributed by atoms with Gasteiger partial charge in [-0.2, -0.15) is 0 Å². The SMILES string of the molecule is C=CCN(CC(=O)N(Cc1ccc2c(c1)OCO2)Cc1ccc(C)o1)C(=O)c1ccco1. The Balaban J connectivity index is 1.54. The van der Waals surface area contributed by atoms with Crippen LogP contribution in [0, 0.1) is 6.92 Å². The van der Waals surface area contributed by atoms with Crippen LogP contribution in [0.15, 0.2) is 70.2 Å². The summed E-state index contributed by atoms with van der Waals surface area (Å²) in [6.07, 6.45) is 3.00. The monoisotopic (exact) mass is 436 g/mol. The van der Waals surface area contributed by atoms with Crippen LogP contribution in [0.25, 0.3) is 0 Å². The molecule has 1 aliphatic rings. The van der Waals surface area contributed by atoms with Crippen molar-refractivity contribution in [3.8, 4) is 11.5 Å². The fraction of sp³-hybridized carbons (Fsp3) is 0.250. The molecule has 0 unspecified atom stereocenters. The predicted molar refractivity (Wildman–Crippen MR) is 115 cm³/mol. The number of amides is 2. The van der Waals surface area contributed by atoms with Crippen molar-refractivity contribution >= 4 is 11.8 Å². The van der Waals surface area contributed by atoms with Gasteiger partial charge in [0.2, 0.25) is 12.7 Å². The van der Waals surface area contributed by atoms with E-state index in [1.54, 1.807) is 23.1 Å². The predicted octanol–water partition coefficient (Wildman–Crippen LogP) is 3.77. The quantitative estimate of drug-likeness (QED) is 0.475. The molecule has 0 saturated carbocycles. The summed E-state index contributed by atoms with van der Waals surface area (Å²) in [4.78, 5) is 29.1. The molecule has 4 rings (SSSR count). The van der Waals surface area contributed by atoms with Crippen molar-refractivity contribution in [3.63, 3.8) is 0 Å². The number of nitrogens with zero attached hydrogens (tertiary/aromatic N) is 2. The van der Waals surface area contributed by atoms with Gasteiger partial charge in [0.05, 0.1) is 12.8 Å². The number of benzene rings is 1. The van der Waals surface area contributed by atoms with Gasteiger partial charge in [-0.15, -0.1) is 6.58 Å². The molecule has 0 bridgehead atoms. The molecule has 0 N–H and O–H groups in total. The molecular formula is C24H24N2O6. The lowest BCUT2D eigenvalue weighted by atomic mass is 10.2. The average Bonchev–Trinajstić information content (AvgIpc) is 3.54. The first-order chi connectivity index (χ1) is 15.5. The smallest absolute Gasteiger partial charge is 0.290 e. The van der Waals surface area contributed by atoms with Gasteiger partial charge in [-0.05, 0) is 48.9 Å². The van der Waals surface area contributed by atoms with Gasteiger partial charge in [-0.25, -0.2) is 0 Å². The molecule has 2 amide bonds. The van der Waals surface area contributed by atoms with E-state index in [1.165, 1.54) is 11.2 Å². The summed E-state index contributed by atoms with van der Waals surface area (Å²) in [7, 11) is 0. The van der Waals surface area contributed by atoms with Gasteiger partial charge in [-0.1, -0.05) is 12.1 Å². The molecule has 1 aromatic carbocycles. The molecule has 0 fully saturated rings. The van der Waals surface area contributed by atoms with Crippen LogP contribution in [-0.2, 0) is 17.9 Å². The van der Waals surface area contributed by atoms with Crippen LogP contribution in [0.5, 0.6) is 11.5 Å². The number of hydrogen-bond acceptors (Lipinski definition) is 6. The van der Waals surface area contributed by atoms with E-state index >= 15 is 0 Å². The van der Waals surface area contributed by atoms with Crippen LogP contribution in [0.4, 0.5) is 0 Å². The molecule has 0 spiro atoms. The summed E-state index contributed by atoms with van der Waals surface area (Å²) in [5.41, 5.74) is 0.874. The highest BCUT2D eigenvalue weighted by Crippen LogP contribution is 2.33. The zero-order valence-electron chi connectivity index (χ0n) is 17.8. The molecule has 166 valence electrons. The summed E-state index contributed by atoms with van der Waals surface area (Å²) in [6, 6.07) is 12.4. The molecule has 0 aliphatic carbocycles. The summed E-state index contributed by atoms with van der Waals surface area (Å²) < 4.78 is 21.7. The van der Waals surface area contributed by atoms with Gasteiger partial charge in [0, 0.05) is 13.1 Å². The molecule has 1 aliphatic heterocycles. The second-order valence-electron chi connectivity index (χ2n) is 7.40. The fourth-order valence-electron chi connectivity index (χ4n) is 3.44. The maximum Gasteiger partial charge on any atom is 0.290 e. The topological polar surface area (TPSA) is 85.4 Å². The molecule has 3 heterocycles. The summed E-state index contributed by atoms with van der Waals surface area (Å²) >= 11 is 0. The minimum atomic E-state index is -0.375. The van der Waals surface area contributed by atoms with Crippen molar-refractivity contribution in [2.45, 2.75) is 20.0 Å². The van der Waals surface area contributed by atoms with Gasteiger partial charge in [0.15, 0.2) is 17.3 Å². The Morgan fingerprint density at radius 2 is 1.91 bits per heavy atom. The van der Waals surface area contributed by atoms with E-state index in [-0.39, 0.29) is 44.0 Å². The maximum absolute atomic E-state index is 13.3.